The summed E-state index contributed by atoms with van der Waals surface area (Å²) in [4.78, 5) is 14.1. The number of thioether (sulfide) groups is 1. The summed E-state index contributed by atoms with van der Waals surface area (Å²) in [5.41, 5.74) is 0. The van der Waals surface area contributed by atoms with Crippen LogP contribution in [-0.4, -0.2) is 62.1 Å². The monoisotopic (exact) mass is 299 g/mol. The van der Waals surface area contributed by atoms with Crippen molar-refractivity contribution in [1.29, 1.82) is 0 Å². The summed E-state index contributed by atoms with van der Waals surface area (Å²) in [6.07, 6.45) is 0.183. The average molecular weight is 299 g/mol. The van der Waals surface area contributed by atoms with Gasteiger partial charge in [0.1, 0.15) is 0 Å². The van der Waals surface area contributed by atoms with Gasteiger partial charge in [-0.2, -0.15) is 0 Å². The molecular formula is C12H21N5O2S. The molecule has 0 aliphatic carbocycles. The van der Waals surface area contributed by atoms with Crippen LogP contribution in [0.25, 0.3) is 0 Å². The van der Waals surface area contributed by atoms with E-state index in [0.29, 0.717) is 24.0 Å². The maximum Gasteiger partial charge on any atom is 0.233 e. The van der Waals surface area contributed by atoms with E-state index < -0.39 is 0 Å². The lowest BCUT2D eigenvalue weighted by molar-refractivity contribution is -0.140. The lowest BCUT2D eigenvalue weighted by Crippen LogP contribution is -2.48. The highest BCUT2D eigenvalue weighted by Gasteiger charge is 2.26. The number of rotatable bonds is 4. The van der Waals surface area contributed by atoms with Gasteiger partial charge in [0.25, 0.3) is 0 Å². The van der Waals surface area contributed by atoms with Crippen LogP contribution in [0.2, 0.25) is 0 Å². The molecule has 0 bridgehead atoms. The van der Waals surface area contributed by atoms with Crippen LogP contribution in [0, 0.1) is 0 Å². The van der Waals surface area contributed by atoms with Gasteiger partial charge < -0.3 is 9.64 Å². The van der Waals surface area contributed by atoms with Crippen molar-refractivity contribution >= 4 is 17.7 Å². The van der Waals surface area contributed by atoms with E-state index >= 15 is 0 Å². The van der Waals surface area contributed by atoms with Gasteiger partial charge in [-0.1, -0.05) is 11.8 Å². The second-order valence-electron chi connectivity index (χ2n) is 5.34. The molecule has 0 N–H and O–H groups in total. The summed E-state index contributed by atoms with van der Waals surface area (Å²) in [5, 5.41) is 12.2. The first-order valence-electron chi connectivity index (χ1n) is 6.81. The summed E-state index contributed by atoms with van der Waals surface area (Å²) in [5.74, 6) is 0.460. The number of aromatic nitrogens is 4. The van der Waals surface area contributed by atoms with Crippen LogP contribution in [0.1, 0.15) is 33.7 Å². The molecule has 1 fully saturated rings. The molecule has 1 aliphatic heterocycles. The number of nitrogens with zero attached hydrogens (tertiary/aromatic N) is 5. The highest BCUT2D eigenvalue weighted by Crippen LogP contribution is 2.19. The Balaban J connectivity index is 1.90. The van der Waals surface area contributed by atoms with Gasteiger partial charge in [-0.25, -0.2) is 4.68 Å². The molecule has 2 atom stereocenters. The van der Waals surface area contributed by atoms with Crippen LogP contribution in [-0.2, 0) is 9.53 Å². The average Bonchev–Trinajstić information content (AvgIpc) is 2.83. The molecule has 2 heterocycles. The molecule has 0 saturated carbocycles. The zero-order valence-electron chi connectivity index (χ0n) is 12.3. The number of ether oxygens (including phenoxy) is 1. The topological polar surface area (TPSA) is 73.1 Å². The van der Waals surface area contributed by atoms with Crippen molar-refractivity contribution in [3.05, 3.63) is 0 Å². The van der Waals surface area contributed by atoms with Crippen molar-refractivity contribution in [2.75, 3.05) is 18.8 Å². The van der Waals surface area contributed by atoms with Crippen molar-refractivity contribution in [2.24, 2.45) is 0 Å². The third-order valence-electron chi connectivity index (χ3n) is 3.05. The SMILES string of the molecule is CC(C)n1nnnc1SCC(=O)N1C[C@@H](C)O[C@@H](C)C1. The highest BCUT2D eigenvalue weighted by atomic mass is 32.2. The van der Waals surface area contributed by atoms with Crippen molar-refractivity contribution < 1.29 is 9.53 Å². The van der Waals surface area contributed by atoms with E-state index in [1.165, 1.54) is 11.8 Å². The van der Waals surface area contributed by atoms with Crippen molar-refractivity contribution in [2.45, 2.75) is 51.1 Å². The number of morpholine rings is 1. The second-order valence-corrected chi connectivity index (χ2v) is 6.29. The minimum absolute atomic E-state index is 0.0914. The van der Waals surface area contributed by atoms with Crippen LogP contribution in [0.3, 0.4) is 0 Å². The Bertz CT molecular complexity index is 454. The van der Waals surface area contributed by atoms with E-state index in [2.05, 4.69) is 15.5 Å². The second kappa shape index (κ2) is 6.53. The Labute approximate surface area is 123 Å². The number of amides is 1. The first-order valence-corrected chi connectivity index (χ1v) is 7.79. The van der Waals surface area contributed by atoms with E-state index in [0.717, 1.165) is 0 Å². The Morgan fingerprint density at radius 3 is 2.65 bits per heavy atom. The van der Waals surface area contributed by atoms with Gasteiger partial charge in [0, 0.05) is 13.1 Å². The van der Waals surface area contributed by atoms with Gasteiger partial charge in [-0.05, 0) is 38.1 Å². The lowest BCUT2D eigenvalue weighted by Gasteiger charge is -2.35. The van der Waals surface area contributed by atoms with Crippen LogP contribution < -0.4 is 0 Å². The maximum atomic E-state index is 12.2. The smallest absolute Gasteiger partial charge is 0.233 e. The van der Waals surface area contributed by atoms with E-state index in [9.17, 15) is 4.79 Å². The van der Waals surface area contributed by atoms with Crippen molar-refractivity contribution in [1.82, 2.24) is 25.1 Å². The van der Waals surface area contributed by atoms with Gasteiger partial charge >= 0.3 is 0 Å². The van der Waals surface area contributed by atoms with Gasteiger partial charge in [-0.15, -0.1) is 5.10 Å². The third-order valence-corrected chi connectivity index (χ3v) is 3.97. The molecule has 1 aromatic rings. The van der Waals surface area contributed by atoms with Crippen LogP contribution in [0.5, 0.6) is 0 Å². The predicted molar refractivity (Wildman–Crippen MR) is 75.5 cm³/mol. The lowest BCUT2D eigenvalue weighted by atomic mass is 10.2. The maximum absolute atomic E-state index is 12.2. The van der Waals surface area contributed by atoms with Crippen LogP contribution in [0.15, 0.2) is 5.16 Å². The molecule has 1 amide bonds. The van der Waals surface area contributed by atoms with Gasteiger partial charge in [-0.3, -0.25) is 4.79 Å². The molecule has 2 rings (SSSR count). The molecule has 8 heteroatoms. The number of carbonyl (C=O) groups excluding carboxylic acids is 1. The quantitative estimate of drug-likeness (QED) is 0.772. The zero-order valence-corrected chi connectivity index (χ0v) is 13.1. The summed E-state index contributed by atoms with van der Waals surface area (Å²) in [6, 6.07) is 0.186. The molecule has 0 radical (unpaired) electrons. The van der Waals surface area contributed by atoms with E-state index in [-0.39, 0.29) is 24.2 Å². The molecule has 0 aromatic carbocycles. The molecule has 0 unspecified atom stereocenters. The fourth-order valence-electron chi connectivity index (χ4n) is 2.20. The molecule has 1 aromatic heterocycles. The van der Waals surface area contributed by atoms with Gasteiger partial charge in [0.2, 0.25) is 11.1 Å². The first-order chi connectivity index (χ1) is 9.47. The summed E-state index contributed by atoms with van der Waals surface area (Å²) >= 11 is 1.38. The molecule has 1 aliphatic rings. The first kappa shape index (κ1) is 15.2. The van der Waals surface area contributed by atoms with Crippen LogP contribution >= 0.6 is 11.8 Å². The Hall–Kier alpha value is -1.15. The van der Waals surface area contributed by atoms with Crippen molar-refractivity contribution in [3.8, 4) is 0 Å². The Kier molecular flexibility index (Phi) is 4.98. The van der Waals surface area contributed by atoms with E-state index in [4.69, 9.17) is 4.74 Å². The summed E-state index contributed by atoms with van der Waals surface area (Å²) in [7, 11) is 0. The minimum Gasteiger partial charge on any atom is -0.372 e. The van der Waals surface area contributed by atoms with Crippen molar-refractivity contribution in [3.63, 3.8) is 0 Å². The molecule has 1 saturated heterocycles. The van der Waals surface area contributed by atoms with Crippen LogP contribution in [0.4, 0.5) is 0 Å². The molecular weight excluding hydrogens is 278 g/mol. The third kappa shape index (κ3) is 3.69. The van der Waals surface area contributed by atoms with E-state index in [1.807, 2.05) is 32.6 Å². The number of hydrogen-bond acceptors (Lipinski definition) is 6. The largest absolute Gasteiger partial charge is 0.372 e. The fourth-order valence-corrected chi connectivity index (χ4v) is 3.11. The van der Waals surface area contributed by atoms with Gasteiger partial charge in [0.15, 0.2) is 0 Å². The minimum atomic E-state index is 0.0914. The Morgan fingerprint density at radius 2 is 2.05 bits per heavy atom. The number of tetrazole rings is 1. The normalized spacial score (nSPS) is 23.4. The Morgan fingerprint density at radius 1 is 1.40 bits per heavy atom. The number of carbonyl (C=O) groups is 1. The standard InChI is InChI=1S/C12H21N5O2S/c1-8(2)17-12(13-14-15-17)20-7-11(18)16-5-9(3)19-10(4)6-16/h8-10H,5-7H2,1-4H3/t9-,10+. The molecule has 112 valence electrons. The fraction of sp³-hybridized carbons (Fsp3) is 0.833. The van der Waals surface area contributed by atoms with E-state index in [1.54, 1.807) is 4.68 Å². The molecule has 7 nitrogen and oxygen atoms in total. The molecule has 20 heavy (non-hydrogen) atoms. The zero-order chi connectivity index (χ0) is 14.7. The highest BCUT2D eigenvalue weighted by molar-refractivity contribution is 7.99. The van der Waals surface area contributed by atoms with Gasteiger partial charge in [0.05, 0.1) is 24.0 Å². The summed E-state index contributed by atoms with van der Waals surface area (Å²) < 4.78 is 7.36. The summed E-state index contributed by atoms with van der Waals surface area (Å²) in [6.45, 7) is 9.30. The number of hydrogen-bond donors (Lipinski definition) is 0. The molecule has 0 spiro atoms. The predicted octanol–water partition coefficient (Wildman–Crippen LogP) is 0.982.